The van der Waals surface area contributed by atoms with Gasteiger partial charge in [0, 0.05) is 37.9 Å². The zero-order chi connectivity index (χ0) is 15.3. The summed E-state index contributed by atoms with van der Waals surface area (Å²) in [5.74, 6) is 1.27. The molecule has 1 rings (SSSR count). The number of aryl methyl sites for hydroxylation is 1. The second-order valence-electron chi connectivity index (χ2n) is 6.71. The van der Waals surface area contributed by atoms with E-state index in [1.54, 1.807) is 0 Å². The molecule has 116 valence electrons. The average molecular weight is 280 g/mol. The van der Waals surface area contributed by atoms with Crippen LogP contribution < -0.4 is 5.73 Å². The summed E-state index contributed by atoms with van der Waals surface area (Å²) < 4.78 is 1.87. The van der Waals surface area contributed by atoms with Crippen LogP contribution in [0.4, 0.5) is 0 Å². The van der Waals surface area contributed by atoms with Gasteiger partial charge in [0.25, 0.3) is 0 Å². The molecule has 1 aromatic heterocycles. The summed E-state index contributed by atoms with van der Waals surface area (Å²) in [5, 5.41) is 4.33. The molecular formula is C16H32N4. The van der Waals surface area contributed by atoms with Gasteiger partial charge in [-0.3, -0.25) is 9.58 Å². The smallest absolute Gasteiger partial charge is 0.0538 e. The van der Waals surface area contributed by atoms with Crippen LogP contribution in [0.1, 0.15) is 52.6 Å². The van der Waals surface area contributed by atoms with Gasteiger partial charge in [0.15, 0.2) is 0 Å². The Hall–Kier alpha value is -0.870. The first-order valence-electron chi connectivity index (χ1n) is 7.83. The number of rotatable bonds is 8. The van der Waals surface area contributed by atoms with Gasteiger partial charge in [-0.2, -0.15) is 5.10 Å². The van der Waals surface area contributed by atoms with E-state index in [1.165, 1.54) is 5.56 Å². The molecule has 20 heavy (non-hydrogen) atoms. The minimum absolute atomic E-state index is 0.150. The van der Waals surface area contributed by atoms with Crippen molar-refractivity contribution < 1.29 is 0 Å². The van der Waals surface area contributed by atoms with Crippen LogP contribution in [0.15, 0.2) is 12.4 Å². The molecule has 1 heterocycles. The second-order valence-corrected chi connectivity index (χ2v) is 6.71. The minimum atomic E-state index is 0.150. The molecule has 4 nitrogen and oxygen atoms in total. The molecule has 0 aliphatic heterocycles. The number of nitrogens with two attached hydrogens (primary N) is 1. The van der Waals surface area contributed by atoms with Crippen LogP contribution >= 0.6 is 0 Å². The summed E-state index contributed by atoms with van der Waals surface area (Å²) in [5.41, 5.74) is 7.67. The van der Waals surface area contributed by atoms with Crippen LogP contribution in [0.5, 0.6) is 0 Å². The molecule has 4 heteroatoms. The van der Waals surface area contributed by atoms with E-state index in [4.69, 9.17) is 5.73 Å². The quantitative estimate of drug-likeness (QED) is 0.796. The molecule has 0 bridgehead atoms. The molecular weight excluding hydrogens is 248 g/mol. The Kier molecular flexibility index (Phi) is 6.69. The van der Waals surface area contributed by atoms with E-state index in [-0.39, 0.29) is 12.1 Å². The van der Waals surface area contributed by atoms with Crippen molar-refractivity contribution in [1.82, 2.24) is 14.7 Å². The fourth-order valence-corrected chi connectivity index (χ4v) is 2.78. The summed E-state index contributed by atoms with van der Waals surface area (Å²) in [6, 6.07) is 0.412. The van der Waals surface area contributed by atoms with E-state index in [0.717, 1.165) is 19.5 Å². The van der Waals surface area contributed by atoms with E-state index >= 15 is 0 Å². The average Bonchev–Trinajstić information content (AvgIpc) is 2.74. The molecule has 0 aliphatic rings. The summed E-state index contributed by atoms with van der Waals surface area (Å²) in [4.78, 5) is 2.54. The van der Waals surface area contributed by atoms with Gasteiger partial charge in [-0.15, -0.1) is 0 Å². The molecule has 0 spiro atoms. The van der Waals surface area contributed by atoms with Crippen molar-refractivity contribution in [2.45, 2.75) is 53.1 Å². The standard InChI is InChI=1S/C16H32N4/c1-7-15(17)16(14-8-18-19(6)11-14)20(9-12(2)3)10-13(4)5/h8,11-13,15-16H,7,9-10,17H2,1-6H3. The molecule has 0 saturated carbocycles. The maximum atomic E-state index is 6.43. The summed E-state index contributed by atoms with van der Waals surface area (Å²) >= 11 is 0. The molecule has 0 radical (unpaired) electrons. The number of hydrogen-bond acceptors (Lipinski definition) is 3. The van der Waals surface area contributed by atoms with Gasteiger partial charge in [0.2, 0.25) is 0 Å². The van der Waals surface area contributed by atoms with Crippen LogP contribution in [0.2, 0.25) is 0 Å². The van der Waals surface area contributed by atoms with Gasteiger partial charge in [0.05, 0.1) is 12.2 Å². The molecule has 2 unspecified atom stereocenters. The van der Waals surface area contributed by atoms with Gasteiger partial charge < -0.3 is 5.73 Å². The molecule has 0 saturated heterocycles. The lowest BCUT2D eigenvalue weighted by Gasteiger charge is -2.37. The summed E-state index contributed by atoms with van der Waals surface area (Å²) in [7, 11) is 1.97. The fraction of sp³-hybridized carbons (Fsp3) is 0.812. The second kappa shape index (κ2) is 7.79. The van der Waals surface area contributed by atoms with Crippen LogP contribution in [-0.4, -0.2) is 33.8 Å². The molecule has 2 atom stereocenters. The molecule has 0 aromatic carbocycles. The summed E-state index contributed by atoms with van der Waals surface area (Å²) in [6.45, 7) is 13.4. The first-order valence-corrected chi connectivity index (χ1v) is 7.83. The van der Waals surface area contributed by atoms with Gasteiger partial charge >= 0.3 is 0 Å². The Labute approximate surface area is 124 Å². The van der Waals surface area contributed by atoms with Crippen LogP contribution in [0.3, 0.4) is 0 Å². The first-order chi connectivity index (χ1) is 9.35. The van der Waals surface area contributed by atoms with Crippen molar-refractivity contribution in [3.63, 3.8) is 0 Å². The van der Waals surface area contributed by atoms with Crippen LogP contribution in [0, 0.1) is 11.8 Å². The maximum absolute atomic E-state index is 6.43. The number of hydrogen-bond donors (Lipinski definition) is 1. The predicted molar refractivity (Wildman–Crippen MR) is 85.5 cm³/mol. The molecule has 0 fully saturated rings. The van der Waals surface area contributed by atoms with Crippen molar-refractivity contribution >= 4 is 0 Å². The van der Waals surface area contributed by atoms with Crippen LogP contribution in [0.25, 0.3) is 0 Å². The van der Waals surface area contributed by atoms with Crippen molar-refractivity contribution in [3.8, 4) is 0 Å². The van der Waals surface area contributed by atoms with Gasteiger partial charge in [-0.25, -0.2) is 0 Å². The SMILES string of the molecule is CCC(N)C(c1cnn(C)c1)N(CC(C)C)CC(C)C. The molecule has 1 aromatic rings. The van der Waals surface area contributed by atoms with E-state index in [2.05, 4.69) is 50.8 Å². The zero-order valence-electron chi connectivity index (χ0n) is 14.0. The van der Waals surface area contributed by atoms with E-state index in [0.29, 0.717) is 11.8 Å². The Morgan fingerprint density at radius 1 is 1.20 bits per heavy atom. The van der Waals surface area contributed by atoms with Crippen molar-refractivity contribution in [2.75, 3.05) is 13.1 Å². The lowest BCUT2D eigenvalue weighted by atomic mass is 9.96. The highest BCUT2D eigenvalue weighted by atomic mass is 15.3. The lowest BCUT2D eigenvalue weighted by molar-refractivity contribution is 0.134. The fourth-order valence-electron chi connectivity index (χ4n) is 2.78. The van der Waals surface area contributed by atoms with Crippen molar-refractivity contribution in [2.24, 2.45) is 24.6 Å². The topological polar surface area (TPSA) is 47.1 Å². The van der Waals surface area contributed by atoms with Crippen molar-refractivity contribution in [3.05, 3.63) is 18.0 Å². The highest BCUT2D eigenvalue weighted by molar-refractivity contribution is 5.13. The molecule has 0 amide bonds. The third-order valence-corrected chi connectivity index (χ3v) is 3.54. The zero-order valence-corrected chi connectivity index (χ0v) is 14.0. The largest absolute Gasteiger partial charge is 0.326 e. The molecule has 0 aliphatic carbocycles. The highest BCUT2D eigenvalue weighted by Crippen LogP contribution is 2.26. The first kappa shape index (κ1) is 17.2. The third kappa shape index (κ3) is 4.91. The number of nitrogens with zero attached hydrogens (tertiary/aromatic N) is 3. The van der Waals surface area contributed by atoms with Crippen molar-refractivity contribution in [1.29, 1.82) is 0 Å². The van der Waals surface area contributed by atoms with Gasteiger partial charge in [-0.05, 0) is 18.3 Å². The maximum Gasteiger partial charge on any atom is 0.0538 e. The van der Waals surface area contributed by atoms with Crippen LogP contribution in [-0.2, 0) is 7.05 Å². The van der Waals surface area contributed by atoms with E-state index in [9.17, 15) is 0 Å². The minimum Gasteiger partial charge on any atom is -0.326 e. The predicted octanol–water partition coefficient (Wildman–Crippen LogP) is 2.81. The third-order valence-electron chi connectivity index (χ3n) is 3.54. The number of aromatic nitrogens is 2. The Morgan fingerprint density at radius 3 is 2.10 bits per heavy atom. The summed E-state index contributed by atoms with van der Waals surface area (Å²) in [6.07, 6.45) is 5.05. The molecule has 2 N–H and O–H groups in total. The Balaban J connectivity index is 3.03. The van der Waals surface area contributed by atoms with Gasteiger partial charge in [0.1, 0.15) is 0 Å². The van der Waals surface area contributed by atoms with E-state index in [1.807, 2.05) is 17.9 Å². The van der Waals surface area contributed by atoms with Gasteiger partial charge in [-0.1, -0.05) is 34.6 Å². The lowest BCUT2D eigenvalue weighted by Crippen LogP contribution is -2.44. The highest BCUT2D eigenvalue weighted by Gasteiger charge is 2.27. The van der Waals surface area contributed by atoms with E-state index < -0.39 is 0 Å². The Bertz CT molecular complexity index is 374. The monoisotopic (exact) mass is 280 g/mol. The Morgan fingerprint density at radius 2 is 1.75 bits per heavy atom. The normalized spacial score (nSPS) is 15.3.